The lowest BCUT2D eigenvalue weighted by Crippen LogP contribution is -2.43. The second-order valence-corrected chi connectivity index (χ2v) is 7.61. The van der Waals surface area contributed by atoms with Crippen LogP contribution in [0.3, 0.4) is 0 Å². The Morgan fingerprint density at radius 3 is 2.15 bits per heavy atom. The fourth-order valence-corrected chi connectivity index (χ4v) is 2.44. The monoisotopic (exact) mass is 205 g/mol. The Morgan fingerprint density at radius 1 is 1.31 bits per heavy atom. The van der Waals surface area contributed by atoms with E-state index in [1.54, 1.807) is 20.8 Å². The van der Waals surface area contributed by atoms with Crippen LogP contribution in [0.4, 0.5) is 0 Å². The number of hydrogen-bond acceptors (Lipinski definition) is 3. The Morgan fingerprint density at radius 2 is 1.85 bits per heavy atom. The lowest BCUT2D eigenvalue weighted by atomic mass is 10.0. The fraction of sp³-hybridized carbons (Fsp3) is 1.00. The first-order chi connectivity index (χ1) is 5.83. The van der Waals surface area contributed by atoms with Crippen LogP contribution in [-0.2, 0) is 9.84 Å². The molecule has 13 heavy (non-hydrogen) atoms. The first kappa shape index (κ1) is 11.0. The highest BCUT2D eigenvalue weighted by Gasteiger charge is 2.30. The highest BCUT2D eigenvalue weighted by molar-refractivity contribution is 7.92. The van der Waals surface area contributed by atoms with Crippen molar-refractivity contribution in [1.82, 2.24) is 5.32 Å². The Kier molecular flexibility index (Phi) is 3.02. The van der Waals surface area contributed by atoms with Crippen molar-refractivity contribution in [3.8, 4) is 0 Å². The molecule has 0 unspecified atom stereocenters. The van der Waals surface area contributed by atoms with Crippen LogP contribution in [0.5, 0.6) is 0 Å². The third kappa shape index (κ3) is 2.68. The van der Waals surface area contributed by atoms with E-state index in [0.717, 1.165) is 19.5 Å². The quantitative estimate of drug-likeness (QED) is 0.741. The molecule has 1 saturated heterocycles. The van der Waals surface area contributed by atoms with Crippen molar-refractivity contribution in [2.45, 2.75) is 31.9 Å². The molecule has 0 aromatic heterocycles. The average Bonchev–Trinajstić information content (AvgIpc) is 1.80. The Labute approximate surface area is 80.8 Å². The van der Waals surface area contributed by atoms with Crippen molar-refractivity contribution >= 4 is 9.84 Å². The van der Waals surface area contributed by atoms with Gasteiger partial charge in [0.05, 0.1) is 10.5 Å². The van der Waals surface area contributed by atoms with Crippen molar-refractivity contribution < 1.29 is 8.42 Å². The summed E-state index contributed by atoms with van der Waals surface area (Å²) in [6.45, 7) is 7.27. The molecular weight excluding hydrogens is 186 g/mol. The zero-order valence-electron chi connectivity index (χ0n) is 8.63. The van der Waals surface area contributed by atoms with Gasteiger partial charge in [-0.15, -0.1) is 0 Å². The predicted molar refractivity (Wildman–Crippen MR) is 54.5 cm³/mol. The van der Waals surface area contributed by atoms with Crippen molar-refractivity contribution in [3.63, 3.8) is 0 Å². The van der Waals surface area contributed by atoms with Gasteiger partial charge in [-0.1, -0.05) is 0 Å². The molecule has 1 aliphatic heterocycles. The molecule has 1 rings (SSSR count). The molecule has 0 atom stereocenters. The molecule has 0 bridgehead atoms. The van der Waals surface area contributed by atoms with Crippen LogP contribution in [0.25, 0.3) is 0 Å². The minimum Gasteiger partial charge on any atom is -0.316 e. The van der Waals surface area contributed by atoms with Gasteiger partial charge in [-0.2, -0.15) is 0 Å². The molecule has 0 aromatic carbocycles. The topological polar surface area (TPSA) is 46.2 Å². The van der Waals surface area contributed by atoms with Gasteiger partial charge in [0.15, 0.2) is 9.84 Å². The summed E-state index contributed by atoms with van der Waals surface area (Å²) in [7, 11) is -2.90. The summed E-state index contributed by atoms with van der Waals surface area (Å²) in [6.07, 6.45) is 0.812. The third-order valence-corrected chi connectivity index (χ3v) is 5.23. The van der Waals surface area contributed by atoms with Gasteiger partial charge in [0.1, 0.15) is 0 Å². The summed E-state index contributed by atoms with van der Waals surface area (Å²) in [4.78, 5) is 0. The van der Waals surface area contributed by atoms with E-state index < -0.39 is 14.6 Å². The fourth-order valence-electron chi connectivity index (χ4n) is 1.18. The smallest absolute Gasteiger partial charge is 0.155 e. The SMILES string of the molecule is CC(C)(C)S(=O)(=O)CCC1CNC1. The van der Waals surface area contributed by atoms with Crippen LogP contribution >= 0.6 is 0 Å². The third-order valence-electron chi connectivity index (χ3n) is 2.59. The maximum absolute atomic E-state index is 11.7. The van der Waals surface area contributed by atoms with Crippen LogP contribution in [0.1, 0.15) is 27.2 Å². The number of sulfone groups is 1. The highest BCUT2D eigenvalue weighted by atomic mass is 32.2. The van der Waals surface area contributed by atoms with Gasteiger partial charge in [-0.05, 0) is 46.2 Å². The molecule has 0 radical (unpaired) electrons. The maximum atomic E-state index is 11.7. The van der Waals surface area contributed by atoms with E-state index in [2.05, 4.69) is 5.32 Å². The molecule has 1 fully saturated rings. The summed E-state index contributed by atoms with van der Waals surface area (Å²) >= 11 is 0. The van der Waals surface area contributed by atoms with E-state index in [1.165, 1.54) is 0 Å². The van der Waals surface area contributed by atoms with E-state index in [-0.39, 0.29) is 0 Å². The zero-order chi connectivity index (χ0) is 10.1. The van der Waals surface area contributed by atoms with E-state index in [9.17, 15) is 8.42 Å². The van der Waals surface area contributed by atoms with Gasteiger partial charge in [0, 0.05) is 0 Å². The van der Waals surface area contributed by atoms with Gasteiger partial charge in [-0.3, -0.25) is 0 Å². The largest absolute Gasteiger partial charge is 0.316 e. The zero-order valence-corrected chi connectivity index (χ0v) is 9.45. The van der Waals surface area contributed by atoms with Crippen LogP contribution in [0, 0.1) is 5.92 Å². The van der Waals surface area contributed by atoms with Crippen LogP contribution in [0.15, 0.2) is 0 Å². The number of hydrogen-bond donors (Lipinski definition) is 1. The van der Waals surface area contributed by atoms with Crippen LogP contribution < -0.4 is 5.32 Å². The van der Waals surface area contributed by atoms with Gasteiger partial charge >= 0.3 is 0 Å². The second-order valence-electron chi connectivity index (χ2n) is 4.74. The first-order valence-electron chi connectivity index (χ1n) is 4.76. The van der Waals surface area contributed by atoms with Crippen molar-refractivity contribution in [2.75, 3.05) is 18.8 Å². The average molecular weight is 205 g/mol. The molecule has 3 nitrogen and oxygen atoms in total. The minimum absolute atomic E-state index is 0.336. The summed E-state index contributed by atoms with van der Waals surface area (Å²) in [5.74, 6) is 0.917. The minimum atomic E-state index is -2.90. The van der Waals surface area contributed by atoms with Crippen molar-refractivity contribution in [3.05, 3.63) is 0 Å². The highest BCUT2D eigenvalue weighted by Crippen LogP contribution is 2.19. The van der Waals surface area contributed by atoms with E-state index in [4.69, 9.17) is 0 Å². The number of rotatable bonds is 3. The molecule has 0 saturated carbocycles. The van der Waals surface area contributed by atoms with Crippen LogP contribution in [-0.4, -0.2) is 32.0 Å². The molecule has 1 heterocycles. The van der Waals surface area contributed by atoms with Gasteiger partial charge in [-0.25, -0.2) is 8.42 Å². The molecule has 78 valence electrons. The summed E-state index contributed by atoms with van der Waals surface area (Å²) in [6, 6.07) is 0. The lowest BCUT2D eigenvalue weighted by molar-refractivity contribution is 0.338. The normalized spacial score (nSPS) is 19.9. The maximum Gasteiger partial charge on any atom is 0.155 e. The molecule has 0 amide bonds. The first-order valence-corrected chi connectivity index (χ1v) is 6.41. The van der Waals surface area contributed by atoms with Crippen LogP contribution in [0.2, 0.25) is 0 Å². The molecular formula is C9H19NO2S. The molecule has 0 aliphatic carbocycles. The molecule has 4 heteroatoms. The van der Waals surface area contributed by atoms with Gasteiger partial charge in [0.2, 0.25) is 0 Å². The molecule has 0 spiro atoms. The molecule has 1 aliphatic rings. The van der Waals surface area contributed by atoms with Gasteiger partial charge < -0.3 is 5.32 Å². The number of nitrogens with one attached hydrogen (secondary N) is 1. The summed E-state index contributed by atoms with van der Waals surface area (Å²) in [5, 5.41) is 3.14. The van der Waals surface area contributed by atoms with E-state index in [1.807, 2.05) is 0 Å². The molecule has 1 N–H and O–H groups in total. The summed E-state index contributed by atoms with van der Waals surface area (Å²) in [5.41, 5.74) is 0. The second kappa shape index (κ2) is 3.58. The Hall–Kier alpha value is -0.0900. The Balaban J connectivity index is 2.42. The van der Waals surface area contributed by atoms with E-state index in [0.29, 0.717) is 11.7 Å². The van der Waals surface area contributed by atoms with Gasteiger partial charge in [0.25, 0.3) is 0 Å². The summed E-state index contributed by atoms with van der Waals surface area (Å²) < 4.78 is 22.8. The Bertz CT molecular complexity index is 260. The standard InChI is InChI=1S/C9H19NO2S/c1-9(2,3)13(11,12)5-4-8-6-10-7-8/h8,10H,4-7H2,1-3H3. The molecule has 0 aromatic rings. The predicted octanol–water partition coefficient (Wildman–Crippen LogP) is 0.809. The van der Waals surface area contributed by atoms with Crippen molar-refractivity contribution in [1.29, 1.82) is 0 Å². The van der Waals surface area contributed by atoms with E-state index >= 15 is 0 Å². The van der Waals surface area contributed by atoms with Crippen molar-refractivity contribution in [2.24, 2.45) is 5.92 Å². The lowest BCUT2D eigenvalue weighted by Gasteiger charge is -2.28.